The molecule has 0 amide bonds. The number of rotatable bonds is 4. The Labute approximate surface area is 147 Å². The van der Waals surface area contributed by atoms with Crippen LogP contribution in [0.3, 0.4) is 0 Å². The first kappa shape index (κ1) is 17.9. The zero-order valence-corrected chi connectivity index (χ0v) is 15.7. The average molecular weight is 331 g/mol. The SMILES string of the molecule is Cc1ccc(C)c([C@H](O)CN2CCC(N3CCC(C)CC3)CC2)c1. The van der Waals surface area contributed by atoms with Gasteiger partial charge in [-0.25, -0.2) is 0 Å². The molecule has 3 rings (SSSR count). The number of likely N-dealkylation sites (tertiary alicyclic amines) is 2. The fourth-order valence-electron chi connectivity index (χ4n) is 4.32. The molecule has 24 heavy (non-hydrogen) atoms. The Morgan fingerprint density at radius 2 is 1.71 bits per heavy atom. The summed E-state index contributed by atoms with van der Waals surface area (Å²) in [5.41, 5.74) is 3.53. The number of benzene rings is 1. The normalized spacial score (nSPS) is 23.5. The van der Waals surface area contributed by atoms with E-state index < -0.39 is 0 Å². The van der Waals surface area contributed by atoms with Gasteiger partial charge in [-0.05, 0) is 82.8 Å². The summed E-state index contributed by atoms with van der Waals surface area (Å²) in [7, 11) is 0. The van der Waals surface area contributed by atoms with Crippen molar-refractivity contribution in [3.05, 3.63) is 34.9 Å². The minimum absolute atomic E-state index is 0.364. The molecule has 2 saturated heterocycles. The highest BCUT2D eigenvalue weighted by molar-refractivity contribution is 5.32. The Morgan fingerprint density at radius 1 is 1.04 bits per heavy atom. The number of aliphatic hydroxyl groups excluding tert-OH is 1. The van der Waals surface area contributed by atoms with Gasteiger partial charge in [0, 0.05) is 12.6 Å². The largest absolute Gasteiger partial charge is 0.387 e. The van der Waals surface area contributed by atoms with E-state index in [2.05, 4.69) is 48.8 Å². The van der Waals surface area contributed by atoms with Crippen LogP contribution >= 0.6 is 0 Å². The van der Waals surface area contributed by atoms with Crippen LogP contribution in [0.25, 0.3) is 0 Å². The van der Waals surface area contributed by atoms with Crippen LogP contribution < -0.4 is 0 Å². The monoisotopic (exact) mass is 330 g/mol. The van der Waals surface area contributed by atoms with E-state index in [9.17, 15) is 5.11 Å². The molecular formula is C21H34N2O. The molecule has 0 aromatic heterocycles. The zero-order chi connectivity index (χ0) is 17.1. The van der Waals surface area contributed by atoms with E-state index in [4.69, 9.17) is 0 Å². The number of hydrogen-bond donors (Lipinski definition) is 1. The van der Waals surface area contributed by atoms with Crippen molar-refractivity contribution >= 4 is 0 Å². The highest BCUT2D eigenvalue weighted by Gasteiger charge is 2.28. The molecule has 1 aromatic carbocycles. The summed E-state index contributed by atoms with van der Waals surface area (Å²) < 4.78 is 0. The third-order valence-electron chi connectivity index (χ3n) is 6.12. The van der Waals surface area contributed by atoms with Crippen molar-refractivity contribution in [2.75, 3.05) is 32.7 Å². The van der Waals surface area contributed by atoms with E-state index in [1.807, 2.05) is 0 Å². The Hall–Kier alpha value is -0.900. The van der Waals surface area contributed by atoms with Crippen molar-refractivity contribution in [1.82, 2.24) is 9.80 Å². The predicted octanol–water partition coefficient (Wildman–Crippen LogP) is 3.53. The van der Waals surface area contributed by atoms with Crippen molar-refractivity contribution in [1.29, 1.82) is 0 Å². The van der Waals surface area contributed by atoms with Crippen LogP contribution in [0, 0.1) is 19.8 Å². The molecule has 0 saturated carbocycles. The molecule has 2 heterocycles. The quantitative estimate of drug-likeness (QED) is 0.915. The summed E-state index contributed by atoms with van der Waals surface area (Å²) >= 11 is 0. The molecule has 2 fully saturated rings. The number of piperidine rings is 2. The summed E-state index contributed by atoms with van der Waals surface area (Å²) in [6, 6.07) is 7.15. The Balaban J connectivity index is 1.49. The van der Waals surface area contributed by atoms with Gasteiger partial charge >= 0.3 is 0 Å². The van der Waals surface area contributed by atoms with Gasteiger partial charge in [-0.2, -0.15) is 0 Å². The lowest BCUT2D eigenvalue weighted by Gasteiger charge is -2.41. The summed E-state index contributed by atoms with van der Waals surface area (Å²) in [5.74, 6) is 0.911. The third kappa shape index (κ3) is 4.38. The van der Waals surface area contributed by atoms with Gasteiger partial charge in [0.25, 0.3) is 0 Å². The highest BCUT2D eigenvalue weighted by Crippen LogP contribution is 2.25. The van der Waals surface area contributed by atoms with Crippen LogP contribution in [0.2, 0.25) is 0 Å². The molecule has 1 aromatic rings. The molecule has 0 aliphatic carbocycles. The van der Waals surface area contributed by atoms with E-state index in [1.54, 1.807) is 0 Å². The van der Waals surface area contributed by atoms with Crippen molar-refractivity contribution in [3.8, 4) is 0 Å². The van der Waals surface area contributed by atoms with E-state index >= 15 is 0 Å². The minimum Gasteiger partial charge on any atom is -0.387 e. The van der Waals surface area contributed by atoms with Gasteiger partial charge < -0.3 is 14.9 Å². The zero-order valence-electron chi connectivity index (χ0n) is 15.7. The fourth-order valence-corrected chi connectivity index (χ4v) is 4.32. The van der Waals surface area contributed by atoms with Crippen molar-refractivity contribution in [3.63, 3.8) is 0 Å². The first-order valence-corrected chi connectivity index (χ1v) is 9.74. The molecule has 0 spiro atoms. The molecule has 2 aliphatic rings. The molecule has 3 heteroatoms. The van der Waals surface area contributed by atoms with E-state index in [1.165, 1.54) is 49.9 Å². The van der Waals surface area contributed by atoms with Crippen LogP contribution in [-0.4, -0.2) is 53.7 Å². The van der Waals surface area contributed by atoms with Crippen molar-refractivity contribution in [2.45, 2.75) is 58.6 Å². The predicted molar refractivity (Wildman–Crippen MR) is 100 cm³/mol. The molecule has 0 radical (unpaired) electrons. The van der Waals surface area contributed by atoms with Gasteiger partial charge in [-0.3, -0.25) is 0 Å². The van der Waals surface area contributed by atoms with Crippen LogP contribution in [0.5, 0.6) is 0 Å². The number of β-amino-alcohol motifs (C(OH)–C–C–N with tert-alkyl or cyclic N) is 1. The van der Waals surface area contributed by atoms with Gasteiger partial charge in [0.2, 0.25) is 0 Å². The second kappa shape index (κ2) is 7.99. The van der Waals surface area contributed by atoms with E-state index in [-0.39, 0.29) is 6.10 Å². The highest BCUT2D eigenvalue weighted by atomic mass is 16.3. The third-order valence-corrected chi connectivity index (χ3v) is 6.12. The first-order valence-electron chi connectivity index (χ1n) is 9.74. The van der Waals surface area contributed by atoms with Crippen LogP contribution in [0.4, 0.5) is 0 Å². The van der Waals surface area contributed by atoms with Gasteiger partial charge in [-0.1, -0.05) is 30.7 Å². The topological polar surface area (TPSA) is 26.7 Å². The summed E-state index contributed by atoms with van der Waals surface area (Å²) in [4.78, 5) is 5.17. The Bertz CT molecular complexity index is 529. The maximum absolute atomic E-state index is 10.7. The Kier molecular flexibility index (Phi) is 5.96. The van der Waals surface area contributed by atoms with Crippen LogP contribution in [0.1, 0.15) is 55.4 Å². The molecule has 134 valence electrons. The Morgan fingerprint density at radius 3 is 2.38 bits per heavy atom. The summed E-state index contributed by atoms with van der Waals surface area (Å²) in [6.07, 6.45) is 4.89. The lowest BCUT2D eigenvalue weighted by molar-refractivity contribution is 0.0540. The van der Waals surface area contributed by atoms with Crippen LogP contribution in [0.15, 0.2) is 18.2 Å². The van der Waals surface area contributed by atoms with Crippen molar-refractivity contribution in [2.24, 2.45) is 5.92 Å². The second-order valence-electron chi connectivity index (χ2n) is 8.13. The number of aliphatic hydroxyl groups is 1. The smallest absolute Gasteiger partial charge is 0.0919 e. The molecular weight excluding hydrogens is 296 g/mol. The molecule has 1 N–H and O–H groups in total. The maximum Gasteiger partial charge on any atom is 0.0919 e. The molecule has 0 unspecified atom stereocenters. The molecule has 1 atom stereocenters. The van der Waals surface area contributed by atoms with Crippen LogP contribution in [-0.2, 0) is 0 Å². The average Bonchev–Trinajstić information content (AvgIpc) is 2.58. The molecule has 2 aliphatic heterocycles. The number of hydrogen-bond acceptors (Lipinski definition) is 3. The summed E-state index contributed by atoms with van der Waals surface area (Å²) in [5, 5.41) is 10.7. The molecule has 3 nitrogen and oxygen atoms in total. The van der Waals surface area contributed by atoms with Gasteiger partial charge in [0.15, 0.2) is 0 Å². The minimum atomic E-state index is -0.364. The molecule has 0 bridgehead atoms. The first-order chi connectivity index (χ1) is 11.5. The number of nitrogens with zero attached hydrogens (tertiary/aromatic N) is 2. The fraction of sp³-hybridized carbons (Fsp3) is 0.714. The lowest BCUT2D eigenvalue weighted by Crippen LogP contribution is -2.48. The van der Waals surface area contributed by atoms with Gasteiger partial charge in [-0.15, -0.1) is 0 Å². The summed E-state index contributed by atoms with van der Waals surface area (Å²) in [6.45, 7) is 12.2. The second-order valence-corrected chi connectivity index (χ2v) is 8.13. The maximum atomic E-state index is 10.7. The van der Waals surface area contributed by atoms with E-state index in [0.29, 0.717) is 0 Å². The lowest BCUT2D eigenvalue weighted by atomic mass is 9.94. The van der Waals surface area contributed by atoms with Gasteiger partial charge in [0.05, 0.1) is 6.10 Å². The van der Waals surface area contributed by atoms with E-state index in [0.717, 1.165) is 37.2 Å². The standard InChI is InChI=1S/C21H34N2O/c1-16-6-12-23(13-7-16)19-8-10-22(11-9-19)15-21(24)20-14-17(2)4-5-18(20)3/h4-5,14,16,19,21,24H,6-13,15H2,1-3H3/t21-/m1/s1. The van der Waals surface area contributed by atoms with Gasteiger partial charge in [0.1, 0.15) is 0 Å². The number of aryl methyl sites for hydroxylation is 2. The van der Waals surface area contributed by atoms with Crippen molar-refractivity contribution < 1.29 is 5.11 Å².